The highest BCUT2D eigenvalue weighted by Crippen LogP contribution is 2.41. The summed E-state index contributed by atoms with van der Waals surface area (Å²) in [5.41, 5.74) is 6.53. The van der Waals surface area contributed by atoms with Gasteiger partial charge in [0.25, 0.3) is 0 Å². The van der Waals surface area contributed by atoms with Crippen molar-refractivity contribution in [3.05, 3.63) is 77.9 Å². The van der Waals surface area contributed by atoms with Gasteiger partial charge in [-0.1, -0.05) is 30.3 Å². The summed E-state index contributed by atoms with van der Waals surface area (Å²) in [4.78, 5) is 37.8. The van der Waals surface area contributed by atoms with Crippen molar-refractivity contribution in [2.45, 2.75) is 45.7 Å². The second-order valence-electron chi connectivity index (χ2n) is 9.55. The molecule has 0 spiro atoms. The summed E-state index contributed by atoms with van der Waals surface area (Å²) in [5.74, 6) is -0.0672. The Morgan fingerprint density at radius 1 is 0.946 bits per heavy atom. The Morgan fingerprint density at radius 3 is 2.35 bits per heavy atom. The normalized spacial score (nSPS) is 16.6. The highest BCUT2D eigenvalue weighted by atomic mass is 16.5. The van der Waals surface area contributed by atoms with Crippen LogP contribution in [-0.4, -0.2) is 37.4 Å². The zero-order valence-corrected chi connectivity index (χ0v) is 21.7. The first-order chi connectivity index (χ1) is 17.7. The number of rotatable bonds is 8. The van der Waals surface area contributed by atoms with Gasteiger partial charge in [-0.15, -0.1) is 0 Å². The summed E-state index contributed by atoms with van der Waals surface area (Å²) >= 11 is 0. The van der Waals surface area contributed by atoms with E-state index >= 15 is 0 Å². The molecule has 0 aromatic heterocycles. The summed E-state index contributed by atoms with van der Waals surface area (Å²) in [5, 5.41) is 6.48. The van der Waals surface area contributed by atoms with E-state index in [2.05, 4.69) is 23.6 Å². The zero-order chi connectivity index (χ0) is 26.5. The van der Waals surface area contributed by atoms with Crippen LogP contribution in [0.1, 0.15) is 44.4 Å². The van der Waals surface area contributed by atoms with E-state index in [1.807, 2.05) is 65.6 Å². The van der Waals surface area contributed by atoms with Gasteiger partial charge >= 0.3 is 0 Å². The number of methoxy groups -OCH3 is 1. The molecule has 37 heavy (non-hydrogen) atoms. The second-order valence-corrected chi connectivity index (χ2v) is 9.55. The lowest BCUT2D eigenvalue weighted by molar-refractivity contribution is -0.122. The Bertz CT molecular complexity index is 1300. The molecule has 7 nitrogen and oxygen atoms in total. The molecule has 0 saturated carbocycles. The van der Waals surface area contributed by atoms with Crippen molar-refractivity contribution in [3.63, 3.8) is 0 Å². The molecule has 0 radical (unpaired) electrons. The summed E-state index contributed by atoms with van der Waals surface area (Å²) in [6.45, 7) is 5.26. The van der Waals surface area contributed by atoms with Crippen molar-refractivity contribution in [2.75, 3.05) is 29.3 Å². The molecule has 0 saturated heterocycles. The van der Waals surface area contributed by atoms with Crippen LogP contribution in [0.15, 0.2) is 66.7 Å². The number of carbonyl (C=O) groups excluding carboxylic acids is 3. The van der Waals surface area contributed by atoms with Crippen LogP contribution in [0.25, 0.3) is 11.1 Å². The van der Waals surface area contributed by atoms with E-state index in [9.17, 15) is 14.4 Å². The van der Waals surface area contributed by atoms with Crippen LogP contribution in [0.4, 0.5) is 17.1 Å². The van der Waals surface area contributed by atoms with Crippen LogP contribution >= 0.6 is 0 Å². The molecule has 0 unspecified atom stereocenters. The van der Waals surface area contributed by atoms with Gasteiger partial charge in [0, 0.05) is 50.5 Å². The predicted octanol–water partition coefficient (Wildman–Crippen LogP) is 5.37. The third-order valence-electron chi connectivity index (χ3n) is 6.54. The van der Waals surface area contributed by atoms with Gasteiger partial charge in [0.1, 0.15) is 6.61 Å². The van der Waals surface area contributed by atoms with Crippen LogP contribution in [0.5, 0.6) is 0 Å². The molecule has 3 aromatic carbocycles. The summed E-state index contributed by atoms with van der Waals surface area (Å²) < 4.78 is 4.93. The van der Waals surface area contributed by atoms with Crippen molar-refractivity contribution in [1.29, 1.82) is 0 Å². The molecule has 1 aliphatic rings. The van der Waals surface area contributed by atoms with Gasteiger partial charge < -0.3 is 20.3 Å². The van der Waals surface area contributed by atoms with Crippen molar-refractivity contribution < 1.29 is 19.1 Å². The number of ether oxygens (including phenoxy) is 1. The Morgan fingerprint density at radius 2 is 1.68 bits per heavy atom. The smallest absolute Gasteiger partial charge is 0.224 e. The lowest BCUT2D eigenvalue weighted by atomic mass is 9.88. The molecule has 1 heterocycles. The number of hydrogen-bond donors (Lipinski definition) is 2. The summed E-state index contributed by atoms with van der Waals surface area (Å²) in [6, 6.07) is 21.8. The first-order valence-electron chi connectivity index (χ1n) is 12.4. The maximum Gasteiger partial charge on any atom is 0.224 e. The van der Waals surface area contributed by atoms with Gasteiger partial charge in [-0.05, 0) is 72.0 Å². The van der Waals surface area contributed by atoms with Crippen LogP contribution in [0.3, 0.4) is 0 Å². The lowest BCUT2D eigenvalue weighted by Crippen LogP contribution is -2.43. The van der Waals surface area contributed by atoms with E-state index in [0.717, 1.165) is 45.7 Å². The Kier molecular flexibility index (Phi) is 8.04. The van der Waals surface area contributed by atoms with Crippen LogP contribution in [0, 0.1) is 0 Å². The number of fused-ring (bicyclic) bond motifs is 1. The van der Waals surface area contributed by atoms with Gasteiger partial charge in [0.05, 0.1) is 6.04 Å². The van der Waals surface area contributed by atoms with Gasteiger partial charge in [0.15, 0.2) is 5.78 Å². The van der Waals surface area contributed by atoms with E-state index < -0.39 is 0 Å². The van der Waals surface area contributed by atoms with Crippen LogP contribution < -0.4 is 15.5 Å². The van der Waals surface area contributed by atoms with Crippen molar-refractivity contribution in [1.82, 2.24) is 0 Å². The summed E-state index contributed by atoms with van der Waals surface area (Å²) in [6.07, 6.45) is 1.09. The number of nitrogens with zero attached hydrogens (tertiary/aromatic N) is 1. The third-order valence-corrected chi connectivity index (χ3v) is 6.54. The molecule has 7 heteroatoms. The Labute approximate surface area is 217 Å². The third kappa shape index (κ3) is 6.24. The minimum absolute atomic E-state index is 0.0117. The monoisotopic (exact) mass is 499 g/mol. The van der Waals surface area contributed by atoms with Gasteiger partial charge in [-0.3, -0.25) is 14.4 Å². The quantitative estimate of drug-likeness (QED) is 0.435. The molecule has 0 fully saturated rings. The molecule has 3 aromatic rings. The molecule has 192 valence electrons. The topological polar surface area (TPSA) is 87.7 Å². The molecule has 0 aliphatic carbocycles. The largest absolute Gasteiger partial charge is 0.378 e. The van der Waals surface area contributed by atoms with Crippen molar-refractivity contribution in [3.8, 4) is 11.1 Å². The maximum atomic E-state index is 12.5. The SMILES string of the molecule is COCC(=O)Cc1ccc(N[C@@H]2C[C@H](C)N(C(C)=O)c3ccc(-c4cccc(NC(C)=O)c4)cc32)cc1. The number of hydrogen-bond acceptors (Lipinski definition) is 5. The molecule has 2 N–H and O–H groups in total. The number of amides is 2. The van der Waals surface area contributed by atoms with E-state index in [4.69, 9.17) is 4.74 Å². The summed E-state index contributed by atoms with van der Waals surface area (Å²) in [7, 11) is 1.52. The van der Waals surface area contributed by atoms with Gasteiger partial charge in [0.2, 0.25) is 11.8 Å². The molecule has 1 aliphatic heterocycles. The first-order valence-corrected chi connectivity index (χ1v) is 12.4. The van der Waals surface area contributed by atoms with E-state index in [1.165, 1.54) is 14.0 Å². The van der Waals surface area contributed by atoms with E-state index in [-0.39, 0.29) is 36.3 Å². The highest BCUT2D eigenvalue weighted by Gasteiger charge is 2.32. The average molecular weight is 500 g/mol. The minimum Gasteiger partial charge on any atom is -0.378 e. The van der Waals surface area contributed by atoms with Crippen LogP contribution in [0.2, 0.25) is 0 Å². The lowest BCUT2D eigenvalue weighted by Gasteiger charge is -2.39. The van der Waals surface area contributed by atoms with Crippen LogP contribution in [-0.2, 0) is 25.5 Å². The highest BCUT2D eigenvalue weighted by molar-refractivity contribution is 5.94. The molecule has 2 amide bonds. The number of benzene rings is 3. The Hall–Kier alpha value is -3.97. The number of nitrogens with one attached hydrogen (secondary N) is 2. The molecule has 0 bridgehead atoms. The first kappa shape index (κ1) is 26.1. The van der Waals surface area contributed by atoms with Gasteiger partial charge in [-0.2, -0.15) is 0 Å². The van der Waals surface area contributed by atoms with Crippen molar-refractivity contribution >= 4 is 34.7 Å². The predicted molar refractivity (Wildman–Crippen MR) is 147 cm³/mol. The van der Waals surface area contributed by atoms with Gasteiger partial charge in [-0.25, -0.2) is 0 Å². The number of Topliss-reactive ketones (excluding diaryl/α,β-unsaturated/α-hetero) is 1. The molecular formula is C30H33N3O4. The van der Waals surface area contributed by atoms with Crippen molar-refractivity contribution in [2.24, 2.45) is 0 Å². The zero-order valence-electron chi connectivity index (χ0n) is 21.7. The average Bonchev–Trinajstić information content (AvgIpc) is 2.84. The number of ketones is 1. The fourth-order valence-corrected chi connectivity index (χ4v) is 5.00. The fraction of sp³-hybridized carbons (Fsp3) is 0.300. The second kappa shape index (κ2) is 11.4. The van der Waals surface area contributed by atoms with E-state index in [1.54, 1.807) is 6.92 Å². The van der Waals surface area contributed by atoms with E-state index in [0.29, 0.717) is 6.42 Å². The number of anilines is 3. The molecular weight excluding hydrogens is 466 g/mol. The molecule has 4 rings (SSSR count). The fourth-order valence-electron chi connectivity index (χ4n) is 5.00. The maximum absolute atomic E-state index is 12.5. The minimum atomic E-state index is -0.118. The number of carbonyl (C=O) groups is 3. The standard InChI is InChI=1S/C30H33N3O4/c1-19-14-29(32-25-11-8-22(9-12-25)15-27(36)18-37-4)28-17-24(10-13-30(28)33(19)21(3)35)23-6-5-7-26(16-23)31-20(2)34/h5-13,16-17,19,29,32H,14-15,18H2,1-4H3,(H,31,34)/t19-,29+/m0/s1. The Balaban J connectivity index is 1.65. The molecule has 2 atom stereocenters.